The zero-order valence-corrected chi connectivity index (χ0v) is 28.8. The number of esters is 5. The summed E-state index contributed by atoms with van der Waals surface area (Å²) in [6.45, 7) is 8.83. The molecule has 15 nitrogen and oxygen atoms in total. The summed E-state index contributed by atoms with van der Waals surface area (Å²) < 4.78 is 48.8. The molecule has 10 atom stereocenters. The molecule has 0 N–H and O–H groups in total. The molecule has 258 valence electrons. The summed E-state index contributed by atoms with van der Waals surface area (Å²) >= 11 is -0.520. The second-order valence-electron chi connectivity index (χ2n) is 11.5. The fraction of sp³-hybridized carbons (Fsp3) is 0.613. The summed E-state index contributed by atoms with van der Waals surface area (Å²) in [5.74, 6) is -4.56. The van der Waals surface area contributed by atoms with E-state index >= 15 is 0 Å². The number of nitrogens with zero attached hydrogens (tertiary/aromatic N) is 1. The standard InChI is InChI=1S/C31H39NO14Se/c1-14-26(46-31-28(43-20(7)37)15(2)25(41-18(5)35)23(45-31)13-40-17(4)34)22(12-39-16(3)33)44-30(27(14)42-19(6)36)32-29(38)21-10-8-9-11-24(21)47-32/h8-11,14-15,22-23,25-28,30-31H,12-13H2,1-7H3/t14-,15-,22?,23?,25+,26-,27?,28?,30+,31-/m0/s1. The third kappa shape index (κ3) is 8.68. The summed E-state index contributed by atoms with van der Waals surface area (Å²) in [6.07, 6.45) is -8.63. The number of ether oxygens (including phenoxy) is 8. The van der Waals surface area contributed by atoms with Crippen LogP contribution in [0.5, 0.6) is 0 Å². The Morgan fingerprint density at radius 3 is 1.77 bits per heavy atom. The second-order valence-corrected chi connectivity index (χ2v) is 13.6. The van der Waals surface area contributed by atoms with Gasteiger partial charge in [0.15, 0.2) is 0 Å². The molecule has 0 spiro atoms. The third-order valence-corrected chi connectivity index (χ3v) is 10.2. The van der Waals surface area contributed by atoms with Gasteiger partial charge < -0.3 is 0 Å². The number of benzene rings is 1. The summed E-state index contributed by atoms with van der Waals surface area (Å²) in [5.41, 5.74) is -0.301. The van der Waals surface area contributed by atoms with Gasteiger partial charge in [-0.3, -0.25) is 9.59 Å². The van der Waals surface area contributed by atoms with Crippen molar-refractivity contribution in [2.45, 2.75) is 97.6 Å². The van der Waals surface area contributed by atoms with Gasteiger partial charge in [-0.15, -0.1) is 0 Å². The normalized spacial score (nSPS) is 30.6. The van der Waals surface area contributed by atoms with E-state index in [-0.39, 0.29) is 18.8 Å². The number of carbonyl (C=O) groups is 5. The van der Waals surface area contributed by atoms with E-state index in [0.29, 0.717) is 5.39 Å². The monoisotopic (exact) mass is 729 g/mol. The Balaban J connectivity index is 1.74. The van der Waals surface area contributed by atoms with Gasteiger partial charge in [-0.2, -0.15) is 0 Å². The van der Waals surface area contributed by atoms with Crippen molar-refractivity contribution in [3.05, 3.63) is 34.6 Å². The number of rotatable bonds is 10. The predicted octanol–water partition coefficient (Wildman–Crippen LogP) is 1.26. The number of carbonyl (C=O) groups excluding carboxylic acids is 5. The van der Waals surface area contributed by atoms with Crippen molar-refractivity contribution in [3.8, 4) is 0 Å². The van der Waals surface area contributed by atoms with Crippen LogP contribution in [-0.2, 0) is 61.9 Å². The molecule has 0 amide bonds. The van der Waals surface area contributed by atoms with Gasteiger partial charge in [-0.05, 0) is 0 Å². The van der Waals surface area contributed by atoms with Crippen LogP contribution in [-0.4, -0.2) is 104 Å². The van der Waals surface area contributed by atoms with Crippen LogP contribution in [0.3, 0.4) is 0 Å². The van der Waals surface area contributed by atoms with E-state index in [0.717, 1.165) is 4.26 Å². The van der Waals surface area contributed by atoms with Crippen molar-refractivity contribution >= 4 is 54.2 Å². The zero-order valence-electron chi connectivity index (χ0n) is 27.1. The molecule has 2 saturated heterocycles. The van der Waals surface area contributed by atoms with Gasteiger partial charge in [0.05, 0.1) is 0 Å². The fourth-order valence-corrected chi connectivity index (χ4v) is 8.02. The molecule has 0 saturated carbocycles. The third-order valence-electron chi connectivity index (χ3n) is 7.82. The molecule has 16 heteroatoms. The minimum absolute atomic E-state index is 0.301. The van der Waals surface area contributed by atoms with Crippen LogP contribution in [0.1, 0.15) is 54.7 Å². The van der Waals surface area contributed by atoms with E-state index in [1.165, 1.54) is 38.2 Å². The van der Waals surface area contributed by atoms with Gasteiger partial charge in [0.25, 0.3) is 0 Å². The molecule has 4 rings (SSSR count). The first kappa shape index (κ1) is 36.3. The van der Waals surface area contributed by atoms with Crippen LogP contribution in [0.15, 0.2) is 29.1 Å². The Kier molecular flexibility index (Phi) is 12.0. The van der Waals surface area contributed by atoms with Gasteiger partial charge in [-0.1, -0.05) is 0 Å². The molecule has 47 heavy (non-hydrogen) atoms. The van der Waals surface area contributed by atoms with E-state index < -0.39 is 106 Å². The SMILES string of the molecule is CC(=O)OCC1O[C@@H](n2[se]c3ccccc3c2=O)C(OC(C)=O)[C@@H](C)[C@@H]1O[C@@H]1OC(COC(C)=O)[C@H](OC(C)=O)[C@H](C)C1OC(C)=O. The Labute approximate surface area is 276 Å². The van der Waals surface area contributed by atoms with Crippen LogP contribution < -0.4 is 5.56 Å². The maximum atomic E-state index is 13.5. The molecular formula is C31H39NO14Se. The van der Waals surface area contributed by atoms with Crippen molar-refractivity contribution in [3.63, 3.8) is 0 Å². The first-order chi connectivity index (χ1) is 22.2. The summed E-state index contributed by atoms with van der Waals surface area (Å²) in [6, 6.07) is 7.13. The zero-order chi connectivity index (χ0) is 34.6. The average molecular weight is 729 g/mol. The molecule has 1 aromatic heterocycles. The molecule has 0 aliphatic carbocycles. The summed E-state index contributed by atoms with van der Waals surface area (Å²) in [5, 5.41) is 0.509. The molecule has 4 unspecified atom stereocenters. The first-order valence-electron chi connectivity index (χ1n) is 15.0. The van der Waals surface area contributed by atoms with E-state index in [4.69, 9.17) is 37.9 Å². The molecule has 0 radical (unpaired) electrons. The number of aromatic nitrogens is 1. The summed E-state index contributed by atoms with van der Waals surface area (Å²) in [4.78, 5) is 73.7. The molecule has 3 heterocycles. The minimum atomic E-state index is -1.34. The number of hydrogen-bond acceptors (Lipinski definition) is 14. The molecule has 2 aliphatic heterocycles. The number of fused-ring (bicyclic) bond motifs is 1. The van der Waals surface area contributed by atoms with Crippen molar-refractivity contribution < 1.29 is 61.9 Å². The predicted molar refractivity (Wildman–Crippen MR) is 161 cm³/mol. The Hall–Kier alpha value is -3.56. The maximum absolute atomic E-state index is 13.5. The molecular weight excluding hydrogens is 689 g/mol. The number of hydrogen-bond donors (Lipinski definition) is 0. The molecule has 2 fully saturated rings. The second kappa shape index (κ2) is 15.6. The van der Waals surface area contributed by atoms with Crippen LogP contribution in [0.2, 0.25) is 0 Å². The van der Waals surface area contributed by atoms with Gasteiger partial charge in [0.2, 0.25) is 0 Å². The fourth-order valence-electron chi connectivity index (χ4n) is 5.79. The molecule has 0 bridgehead atoms. The Morgan fingerprint density at radius 1 is 0.702 bits per heavy atom. The molecule has 1 aromatic carbocycles. The Morgan fingerprint density at radius 2 is 1.21 bits per heavy atom. The Bertz CT molecular complexity index is 1530. The van der Waals surface area contributed by atoms with Crippen LogP contribution in [0, 0.1) is 11.8 Å². The van der Waals surface area contributed by atoms with E-state index in [9.17, 15) is 28.8 Å². The van der Waals surface area contributed by atoms with E-state index in [1.807, 2.05) is 12.1 Å². The van der Waals surface area contributed by atoms with Crippen molar-refractivity contribution in [2.75, 3.05) is 13.2 Å². The van der Waals surface area contributed by atoms with Crippen molar-refractivity contribution in [1.29, 1.82) is 0 Å². The topological polar surface area (TPSA) is 181 Å². The summed E-state index contributed by atoms with van der Waals surface area (Å²) in [7, 11) is 0. The van der Waals surface area contributed by atoms with Crippen LogP contribution in [0.25, 0.3) is 9.65 Å². The quantitative estimate of drug-likeness (QED) is 0.194. The van der Waals surface area contributed by atoms with Crippen molar-refractivity contribution in [2.24, 2.45) is 11.8 Å². The van der Waals surface area contributed by atoms with Gasteiger partial charge in [0.1, 0.15) is 0 Å². The average Bonchev–Trinajstić information content (AvgIpc) is 3.32. The first-order valence-corrected chi connectivity index (χ1v) is 16.7. The van der Waals surface area contributed by atoms with Crippen LogP contribution in [0.4, 0.5) is 0 Å². The van der Waals surface area contributed by atoms with Gasteiger partial charge >= 0.3 is 253 Å². The van der Waals surface area contributed by atoms with Gasteiger partial charge in [-0.25, -0.2) is 0 Å². The van der Waals surface area contributed by atoms with Crippen molar-refractivity contribution in [1.82, 2.24) is 3.56 Å². The van der Waals surface area contributed by atoms with E-state index in [2.05, 4.69) is 0 Å². The molecule has 2 aliphatic rings. The van der Waals surface area contributed by atoms with E-state index in [1.54, 1.807) is 26.0 Å². The van der Waals surface area contributed by atoms with Gasteiger partial charge in [0, 0.05) is 13.8 Å². The molecule has 2 aromatic rings. The van der Waals surface area contributed by atoms with Crippen LogP contribution >= 0.6 is 0 Å².